The zero-order valence-electron chi connectivity index (χ0n) is 13.9. The first-order valence-corrected chi connectivity index (χ1v) is 8.75. The van der Waals surface area contributed by atoms with E-state index in [4.69, 9.17) is 17.5 Å². The van der Waals surface area contributed by atoms with Gasteiger partial charge in [-0.05, 0) is 30.9 Å². The molecule has 0 radical (unpaired) electrons. The normalized spacial score (nSPS) is 10.7. The molecule has 0 aliphatic heterocycles. The van der Waals surface area contributed by atoms with E-state index in [-0.39, 0.29) is 6.03 Å². The minimum Gasteiger partial charge on any atom is -0.309 e. The number of anilines is 1. The van der Waals surface area contributed by atoms with Gasteiger partial charge in [0.2, 0.25) is 0 Å². The molecule has 0 aliphatic rings. The molecule has 136 valence electrons. The number of aryl methyl sites for hydroxylation is 2. The summed E-state index contributed by atoms with van der Waals surface area (Å²) in [7, 11) is -4.67. The Morgan fingerprint density at radius 3 is 2.08 bits per heavy atom. The third kappa shape index (κ3) is 10.5. The molecule has 0 unspecified atom stereocenters. The molecule has 10 heteroatoms. The Labute approximate surface area is 142 Å². The van der Waals surface area contributed by atoms with E-state index in [2.05, 4.69) is 35.0 Å². The number of hydrogen-bond acceptors (Lipinski definition) is 5. The molecule has 0 bridgehead atoms. The van der Waals surface area contributed by atoms with Crippen molar-refractivity contribution in [1.29, 1.82) is 0 Å². The number of amides is 2. The molecule has 2 amide bonds. The molecular weight excluding hydrogens is 336 g/mol. The minimum atomic E-state index is -4.67. The van der Waals surface area contributed by atoms with Crippen LogP contribution in [0.4, 0.5) is 10.5 Å². The summed E-state index contributed by atoms with van der Waals surface area (Å²) in [6, 6.07) is 5.80. The van der Waals surface area contributed by atoms with E-state index in [1.807, 2.05) is 25.1 Å². The lowest BCUT2D eigenvalue weighted by atomic mass is 10.0. The number of para-hydroxylation sites is 1. The fraction of sp³-hybridized carbons (Fsp3) is 0.429. The van der Waals surface area contributed by atoms with E-state index >= 15 is 0 Å². The van der Waals surface area contributed by atoms with Crippen molar-refractivity contribution in [3.8, 4) is 0 Å². The Balaban J connectivity index is 0.000000922. The molecule has 9 nitrogen and oxygen atoms in total. The number of carbonyl (C=O) groups is 1. The second kappa shape index (κ2) is 11.4. The number of hydrazone groups is 1. The number of benzene rings is 1. The maximum atomic E-state index is 11.8. The van der Waals surface area contributed by atoms with Crippen LogP contribution in [0.5, 0.6) is 0 Å². The van der Waals surface area contributed by atoms with E-state index in [1.54, 1.807) is 0 Å². The van der Waals surface area contributed by atoms with Crippen LogP contribution in [0.15, 0.2) is 23.3 Å². The van der Waals surface area contributed by atoms with Gasteiger partial charge in [0.25, 0.3) is 0 Å². The van der Waals surface area contributed by atoms with Crippen molar-refractivity contribution in [2.45, 2.75) is 33.6 Å². The molecule has 1 aromatic carbocycles. The summed E-state index contributed by atoms with van der Waals surface area (Å²) in [5.41, 5.74) is 5.92. The number of urea groups is 1. The quantitative estimate of drug-likeness (QED) is 0.227. The smallest absolute Gasteiger partial charge is 0.309 e. The van der Waals surface area contributed by atoms with Crippen LogP contribution < -0.4 is 16.1 Å². The summed E-state index contributed by atoms with van der Waals surface area (Å²) in [6.07, 6.45) is 3.11. The molecule has 0 aliphatic carbocycles. The number of rotatable bonds is 6. The third-order valence-electron chi connectivity index (χ3n) is 2.75. The monoisotopic (exact) mass is 360 g/mol. The zero-order chi connectivity index (χ0) is 18.6. The van der Waals surface area contributed by atoms with Crippen molar-refractivity contribution in [3.63, 3.8) is 0 Å². The SMILES string of the molecule is CCNN=CNC(=O)Nc1c(CC)cccc1CC.O=S(=O)(O)O. The van der Waals surface area contributed by atoms with Gasteiger partial charge in [-0.1, -0.05) is 32.0 Å². The molecule has 24 heavy (non-hydrogen) atoms. The molecule has 1 aromatic rings. The number of nitrogens with zero attached hydrogens (tertiary/aromatic N) is 1. The lowest BCUT2D eigenvalue weighted by Crippen LogP contribution is -2.29. The van der Waals surface area contributed by atoms with E-state index in [1.165, 1.54) is 6.34 Å². The Morgan fingerprint density at radius 1 is 1.17 bits per heavy atom. The van der Waals surface area contributed by atoms with E-state index in [9.17, 15) is 4.79 Å². The second-order valence-corrected chi connectivity index (χ2v) is 5.37. The highest BCUT2D eigenvalue weighted by Crippen LogP contribution is 2.22. The van der Waals surface area contributed by atoms with Gasteiger partial charge in [-0.15, -0.1) is 0 Å². The molecule has 0 atom stereocenters. The first-order chi connectivity index (χ1) is 11.2. The third-order valence-corrected chi connectivity index (χ3v) is 2.75. The topological polar surface area (TPSA) is 140 Å². The lowest BCUT2D eigenvalue weighted by Gasteiger charge is -2.13. The molecular formula is C14H24N4O5S. The minimum absolute atomic E-state index is 0.280. The van der Waals surface area contributed by atoms with Crippen LogP contribution in [0.2, 0.25) is 0 Å². The van der Waals surface area contributed by atoms with Gasteiger partial charge in [-0.3, -0.25) is 14.4 Å². The molecule has 0 saturated heterocycles. The highest BCUT2D eigenvalue weighted by Gasteiger charge is 2.08. The summed E-state index contributed by atoms with van der Waals surface area (Å²) >= 11 is 0. The summed E-state index contributed by atoms with van der Waals surface area (Å²) in [5, 5.41) is 9.26. The van der Waals surface area contributed by atoms with Crippen LogP contribution >= 0.6 is 0 Å². The van der Waals surface area contributed by atoms with Gasteiger partial charge in [0, 0.05) is 12.2 Å². The first kappa shape index (κ1) is 21.8. The highest BCUT2D eigenvalue weighted by molar-refractivity contribution is 7.79. The van der Waals surface area contributed by atoms with Crippen LogP contribution in [0.25, 0.3) is 0 Å². The Bertz CT molecular complexity index is 616. The summed E-state index contributed by atoms with van der Waals surface area (Å²) < 4.78 is 31.6. The van der Waals surface area contributed by atoms with E-state index in [0.29, 0.717) is 0 Å². The summed E-state index contributed by atoms with van der Waals surface area (Å²) in [6.45, 7) is 6.80. The van der Waals surface area contributed by atoms with Gasteiger partial charge >= 0.3 is 16.4 Å². The van der Waals surface area contributed by atoms with Crippen LogP contribution in [0, 0.1) is 0 Å². The van der Waals surface area contributed by atoms with Gasteiger partial charge in [0.05, 0.1) is 0 Å². The fourth-order valence-corrected chi connectivity index (χ4v) is 1.78. The molecule has 0 heterocycles. The van der Waals surface area contributed by atoms with E-state index < -0.39 is 10.4 Å². The number of nitrogens with one attached hydrogen (secondary N) is 3. The van der Waals surface area contributed by atoms with Crippen LogP contribution in [0.3, 0.4) is 0 Å². The Morgan fingerprint density at radius 2 is 1.67 bits per heavy atom. The van der Waals surface area contributed by atoms with Crippen molar-refractivity contribution in [2.24, 2.45) is 5.10 Å². The van der Waals surface area contributed by atoms with Crippen LogP contribution in [-0.2, 0) is 23.2 Å². The van der Waals surface area contributed by atoms with Crippen molar-refractivity contribution in [2.75, 3.05) is 11.9 Å². The molecule has 0 aromatic heterocycles. The maximum absolute atomic E-state index is 11.8. The summed E-state index contributed by atoms with van der Waals surface area (Å²) in [4.78, 5) is 11.8. The Hall–Kier alpha value is -2.17. The molecule has 0 spiro atoms. The molecule has 0 fully saturated rings. The number of carbonyl (C=O) groups excluding carboxylic acids is 1. The van der Waals surface area contributed by atoms with Crippen molar-refractivity contribution >= 4 is 28.5 Å². The van der Waals surface area contributed by atoms with Crippen LogP contribution in [-0.4, -0.2) is 36.4 Å². The van der Waals surface area contributed by atoms with Gasteiger partial charge in [-0.2, -0.15) is 13.5 Å². The molecule has 0 saturated carbocycles. The predicted molar refractivity (Wildman–Crippen MR) is 93.7 cm³/mol. The van der Waals surface area contributed by atoms with Gasteiger partial charge in [-0.25, -0.2) is 4.79 Å². The lowest BCUT2D eigenvalue weighted by molar-refractivity contribution is 0.256. The van der Waals surface area contributed by atoms with E-state index in [0.717, 1.165) is 36.2 Å². The maximum Gasteiger partial charge on any atom is 0.394 e. The van der Waals surface area contributed by atoms with Crippen molar-refractivity contribution in [3.05, 3.63) is 29.3 Å². The van der Waals surface area contributed by atoms with Gasteiger partial charge in [0.15, 0.2) is 0 Å². The fourth-order valence-electron chi connectivity index (χ4n) is 1.78. The van der Waals surface area contributed by atoms with Gasteiger partial charge in [0.1, 0.15) is 6.34 Å². The predicted octanol–water partition coefficient (Wildman–Crippen LogP) is 1.83. The molecule has 1 rings (SSSR count). The highest BCUT2D eigenvalue weighted by atomic mass is 32.3. The van der Waals surface area contributed by atoms with Crippen LogP contribution in [0.1, 0.15) is 31.9 Å². The number of hydrogen-bond donors (Lipinski definition) is 5. The summed E-state index contributed by atoms with van der Waals surface area (Å²) in [5.74, 6) is 0. The average molecular weight is 360 g/mol. The standard InChI is InChI=1S/C14H22N4O.H2O4S/c1-4-11-8-7-9-12(5-2)13(11)18-14(19)15-10-17-16-6-3;1-5(2,3)4/h7-10,16H,4-6H2,1-3H3,(H2,15,17,18,19);(H2,1,2,3,4). The Kier molecular flexibility index (Phi) is 10.3. The largest absolute Gasteiger partial charge is 0.394 e. The van der Waals surface area contributed by atoms with Crippen molar-refractivity contribution < 1.29 is 22.3 Å². The zero-order valence-corrected chi connectivity index (χ0v) is 14.7. The molecule has 5 N–H and O–H groups in total. The second-order valence-electron chi connectivity index (χ2n) is 4.47. The average Bonchev–Trinajstić information content (AvgIpc) is 2.50. The van der Waals surface area contributed by atoms with Gasteiger partial charge < -0.3 is 10.7 Å². The first-order valence-electron chi connectivity index (χ1n) is 7.35. The van der Waals surface area contributed by atoms with Crippen molar-refractivity contribution in [1.82, 2.24) is 10.7 Å².